The van der Waals surface area contributed by atoms with Crippen molar-refractivity contribution < 1.29 is 18.0 Å². The summed E-state index contributed by atoms with van der Waals surface area (Å²) in [5, 5.41) is 3.14. The van der Waals surface area contributed by atoms with Crippen molar-refractivity contribution in [1.29, 1.82) is 0 Å². The number of carbonyl (C=O) groups is 1. The second-order valence-electron chi connectivity index (χ2n) is 15.4. The van der Waals surface area contributed by atoms with Crippen LogP contribution in [0, 0.1) is 23.5 Å². The second-order valence-corrected chi connectivity index (χ2v) is 15.4. The Bertz CT molecular complexity index is 1560. The number of halogens is 3. The first kappa shape index (κ1) is 51.5. The third-order valence-electron chi connectivity index (χ3n) is 12.1. The first-order valence-corrected chi connectivity index (χ1v) is 22.2. The zero-order chi connectivity index (χ0) is 44.0. The molecule has 5 N–H and O–H groups in total. The topological polar surface area (TPSA) is 94.1 Å². The lowest BCUT2D eigenvalue weighted by Gasteiger charge is -2.56. The SMILES string of the molecule is C=CC(=C)N(CC=Cc1ccc(N2CC(F)(N3CCC(C(CN4CCC4)(c4cccc(F)c4)C4CCCC4)CC3)C2)c(F)c1)CCNC.CC.CC.CCC(N)=O.CN. The zero-order valence-corrected chi connectivity index (χ0v) is 37.6. The van der Waals surface area contributed by atoms with Crippen molar-refractivity contribution in [3.8, 4) is 0 Å². The van der Waals surface area contributed by atoms with Crippen LogP contribution < -0.4 is 21.7 Å². The highest BCUT2D eigenvalue weighted by Gasteiger charge is 2.54. The summed E-state index contributed by atoms with van der Waals surface area (Å²) in [6.07, 6.45) is 14.0. The number of carbonyl (C=O) groups excluding carboxylic acids is 1. The molecule has 3 aliphatic heterocycles. The van der Waals surface area contributed by atoms with E-state index in [1.54, 1.807) is 31.2 Å². The number of alkyl halides is 1. The summed E-state index contributed by atoms with van der Waals surface area (Å²) in [5.74, 6) is -1.30. The largest absolute Gasteiger partial charge is 0.370 e. The maximum absolute atomic E-state index is 16.4. The number of likely N-dealkylation sites (tertiary alicyclic amines) is 2. The Labute approximate surface area is 355 Å². The third-order valence-corrected chi connectivity index (χ3v) is 12.1. The molecule has 2 aromatic carbocycles. The highest BCUT2D eigenvalue weighted by atomic mass is 19.1. The van der Waals surface area contributed by atoms with Gasteiger partial charge in [-0.15, -0.1) is 0 Å². The Morgan fingerprint density at radius 3 is 2.08 bits per heavy atom. The van der Waals surface area contributed by atoms with Gasteiger partial charge in [0.1, 0.15) is 11.6 Å². The predicted octanol–water partition coefficient (Wildman–Crippen LogP) is 8.74. The number of nitrogens with one attached hydrogen (secondary N) is 1. The van der Waals surface area contributed by atoms with E-state index < -0.39 is 5.79 Å². The summed E-state index contributed by atoms with van der Waals surface area (Å²) in [6.45, 7) is 24.7. The van der Waals surface area contributed by atoms with Crippen LogP contribution in [0.4, 0.5) is 18.9 Å². The van der Waals surface area contributed by atoms with Crippen molar-refractivity contribution in [1.82, 2.24) is 20.0 Å². The van der Waals surface area contributed by atoms with Crippen molar-refractivity contribution >= 4 is 17.7 Å². The smallest absolute Gasteiger partial charge is 0.217 e. The third kappa shape index (κ3) is 13.9. The Hall–Kier alpha value is -3.64. The molecule has 3 saturated heterocycles. The van der Waals surface area contributed by atoms with Gasteiger partial charge in [0.2, 0.25) is 5.91 Å². The van der Waals surface area contributed by atoms with Gasteiger partial charge in [0.15, 0.2) is 5.79 Å². The molecule has 332 valence electrons. The number of hydrogen-bond donors (Lipinski definition) is 3. The summed E-state index contributed by atoms with van der Waals surface area (Å²) in [5.41, 5.74) is 12.3. The van der Waals surface area contributed by atoms with E-state index in [1.165, 1.54) is 45.2 Å². The minimum Gasteiger partial charge on any atom is -0.370 e. The van der Waals surface area contributed by atoms with E-state index in [2.05, 4.69) is 45.8 Å². The van der Waals surface area contributed by atoms with Crippen molar-refractivity contribution in [3.63, 3.8) is 0 Å². The van der Waals surface area contributed by atoms with Crippen molar-refractivity contribution in [2.24, 2.45) is 23.3 Å². The van der Waals surface area contributed by atoms with Gasteiger partial charge in [-0.3, -0.25) is 9.69 Å². The molecule has 4 aliphatic rings. The second kappa shape index (κ2) is 26.5. The predicted molar refractivity (Wildman–Crippen MR) is 244 cm³/mol. The number of nitrogens with two attached hydrogens (primary N) is 2. The first-order chi connectivity index (χ1) is 28.5. The molecule has 2 aromatic rings. The fraction of sp³-hybridized carbons (Fsp3) is 0.604. The zero-order valence-electron chi connectivity index (χ0n) is 37.6. The lowest BCUT2D eigenvalue weighted by atomic mass is 9.58. The molecule has 4 fully saturated rings. The van der Waals surface area contributed by atoms with E-state index in [1.807, 2.05) is 68.8 Å². The fourth-order valence-corrected chi connectivity index (χ4v) is 8.91. The van der Waals surface area contributed by atoms with Gasteiger partial charge < -0.3 is 31.5 Å². The fourth-order valence-electron chi connectivity index (χ4n) is 8.91. The number of likely N-dealkylation sites (N-methyl/N-ethyl adjacent to an activating group) is 1. The van der Waals surface area contributed by atoms with Gasteiger partial charge >= 0.3 is 0 Å². The number of anilines is 1. The van der Waals surface area contributed by atoms with Gasteiger partial charge in [0.25, 0.3) is 0 Å². The normalized spacial score (nSPS) is 18.8. The van der Waals surface area contributed by atoms with Crippen LogP contribution in [-0.2, 0) is 10.2 Å². The van der Waals surface area contributed by atoms with Crippen LogP contribution in [0.5, 0.6) is 0 Å². The molecule has 0 bridgehead atoms. The van der Waals surface area contributed by atoms with Gasteiger partial charge in [0, 0.05) is 56.8 Å². The van der Waals surface area contributed by atoms with Crippen molar-refractivity contribution in [2.75, 3.05) is 84.4 Å². The van der Waals surface area contributed by atoms with Gasteiger partial charge in [-0.1, -0.05) is 91.0 Å². The van der Waals surface area contributed by atoms with Crippen LogP contribution in [0.1, 0.15) is 97.1 Å². The highest BCUT2D eigenvalue weighted by Crippen LogP contribution is 2.52. The van der Waals surface area contributed by atoms with Crippen LogP contribution in [0.2, 0.25) is 0 Å². The molecular weight excluding hydrogens is 748 g/mol. The molecule has 0 aromatic heterocycles. The quantitative estimate of drug-likeness (QED) is 0.115. The van der Waals surface area contributed by atoms with Crippen molar-refractivity contribution in [3.05, 3.63) is 96.2 Å². The minimum atomic E-state index is -1.47. The number of primary amides is 1. The number of amides is 1. The van der Waals surface area contributed by atoms with Crippen LogP contribution in [0.3, 0.4) is 0 Å². The van der Waals surface area contributed by atoms with E-state index in [-0.39, 0.29) is 36.0 Å². The van der Waals surface area contributed by atoms with Gasteiger partial charge in [-0.2, -0.15) is 0 Å². The molecule has 0 spiro atoms. The van der Waals surface area contributed by atoms with Crippen LogP contribution in [0.25, 0.3) is 6.08 Å². The molecule has 1 unspecified atom stereocenters. The average Bonchev–Trinajstić information content (AvgIpc) is 3.79. The number of hydrogen-bond acceptors (Lipinski definition) is 7. The molecule has 1 aliphatic carbocycles. The van der Waals surface area contributed by atoms with E-state index >= 15 is 8.78 Å². The van der Waals surface area contributed by atoms with Crippen LogP contribution >= 0.6 is 0 Å². The monoisotopic (exact) mass is 826 g/mol. The lowest BCUT2D eigenvalue weighted by Crippen LogP contribution is -2.69. The van der Waals surface area contributed by atoms with Crippen molar-refractivity contribution in [2.45, 2.75) is 97.2 Å². The highest BCUT2D eigenvalue weighted by molar-refractivity contribution is 5.73. The number of nitrogens with zero attached hydrogens (tertiary/aromatic N) is 4. The number of rotatable bonds is 16. The standard InChI is InChI=1S/C40H54F3N5.C3H7NO.2C2H6.CH5N/c1-4-31(2)46(25-19-44-3)22-8-10-32-15-16-38(37(42)26-32)47-28-39(43,29-47)48-23-17-34(18-24-48)40(30-45-20-9-21-45,33-11-5-6-12-33)35-13-7-14-36(41)27-35;1-2-3(4)5;3*1-2/h4,7-8,10,13-16,26-27,33-34,44H,1-2,5-6,9,11-12,17-25,28-30H2,3H3;2H2,1H3,(H2,4,5);2*1-2H3;2H2,1H3. The molecule has 8 nitrogen and oxygen atoms in total. The van der Waals surface area contributed by atoms with E-state index in [0.29, 0.717) is 43.6 Å². The summed E-state index contributed by atoms with van der Waals surface area (Å²) >= 11 is 0. The summed E-state index contributed by atoms with van der Waals surface area (Å²) in [6, 6.07) is 12.6. The number of benzene rings is 2. The Morgan fingerprint density at radius 2 is 1.58 bits per heavy atom. The minimum absolute atomic E-state index is 0.107. The number of piperidine rings is 1. The van der Waals surface area contributed by atoms with Gasteiger partial charge in [-0.25, -0.2) is 13.2 Å². The maximum Gasteiger partial charge on any atom is 0.217 e. The first-order valence-electron chi connectivity index (χ1n) is 22.2. The Morgan fingerprint density at radius 1 is 0.966 bits per heavy atom. The molecule has 11 heteroatoms. The van der Waals surface area contributed by atoms with Crippen LogP contribution in [-0.4, -0.2) is 106 Å². The molecule has 59 heavy (non-hydrogen) atoms. The van der Waals surface area contributed by atoms with E-state index in [9.17, 15) is 9.18 Å². The molecule has 1 saturated carbocycles. The van der Waals surface area contributed by atoms with Gasteiger partial charge in [0.05, 0.1) is 18.8 Å². The molecular formula is C48H78F3N7O. The number of allylic oxidation sites excluding steroid dienone is 1. The van der Waals surface area contributed by atoms with E-state index in [0.717, 1.165) is 62.4 Å². The summed E-state index contributed by atoms with van der Waals surface area (Å²) in [4.78, 5) is 18.1. The summed E-state index contributed by atoms with van der Waals surface area (Å²) in [7, 11) is 3.41. The van der Waals surface area contributed by atoms with Gasteiger partial charge in [-0.05, 0) is 113 Å². The summed E-state index contributed by atoms with van der Waals surface area (Å²) < 4.78 is 46.5. The maximum atomic E-state index is 16.4. The molecule has 1 atom stereocenters. The lowest BCUT2D eigenvalue weighted by molar-refractivity contribution is -0.117. The molecule has 6 rings (SSSR count). The Kier molecular flexibility index (Phi) is 23.2. The van der Waals surface area contributed by atoms with Crippen LogP contribution in [0.15, 0.2) is 73.5 Å². The molecule has 1 amide bonds. The Balaban J connectivity index is 0.000000989. The molecule has 3 heterocycles. The average molecular weight is 826 g/mol. The van der Waals surface area contributed by atoms with E-state index in [4.69, 9.17) is 0 Å². The molecule has 0 radical (unpaired) electrons.